The summed E-state index contributed by atoms with van der Waals surface area (Å²) < 4.78 is 10.5. The number of rotatable bonds is 0. The third-order valence-corrected chi connectivity index (χ3v) is 0. The summed E-state index contributed by atoms with van der Waals surface area (Å²) in [7, 11) is 0. The maximum Gasteiger partial charge on any atom is 0.115 e. The molecule has 2 nitrogen and oxygen atoms in total. The molecule has 0 aromatic carbocycles. The van der Waals surface area contributed by atoms with Crippen molar-refractivity contribution in [3.63, 3.8) is 0 Å². The van der Waals surface area contributed by atoms with Crippen LogP contribution >= 0.6 is 0 Å². The van der Waals surface area contributed by atoms with Crippen molar-refractivity contribution in [2.75, 3.05) is 0 Å². The van der Waals surface area contributed by atoms with Crippen LogP contribution in [-0.2, 0) is 0 Å². The maximum absolute atomic E-state index is 5.25. The molecule has 0 amide bonds. The average molecular weight is 68.2 g/mol. The summed E-state index contributed by atoms with van der Waals surface area (Å²) >= 11 is 0. The fourth-order valence-electron chi connectivity index (χ4n) is 0. The van der Waals surface area contributed by atoms with Gasteiger partial charge < -0.3 is 12.3 Å². The van der Waals surface area contributed by atoms with E-state index in [4.69, 9.17) is 2.82 Å². The van der Waals surface area contributed by atoms with Crippen LogP contribution in [0.3, 0.4) is 0 Å². The second kappa shape index (κ2) is 1680. The summed E-state index contributed by atoms with van der Waals surface area (Å²) in [5, 5.41) is 0. The molecular weight excluding hydrogens is 52.0 g/mol. The van der Waals surface area contributed by atoms with E-state index in [1.807, 2.05) is 0 Å². The van der Waals surface area contributed by atoms with Crippen LogP contribution in [0.15, 0.2) is 0 Å². The largest absolute Gasteiger partial charge is 0.344 e. The Morgan fingerprint density at radius 3 is 1.00 bits per heavy atom. The minimum Gasteiger partial charge on any atom is -0.344 e. The first kappa shape index (κ1) is 9.07. The molecule has 0 heterocycles. The van der Waals surface area contributed by atoms with E-state index in [1.54, 1.807) is 0 Å². The van der Waals surface area contributed by atoms with Gasteiger partial charge in [-0.15, -0.1) is 0 Å². The standard InChI is InChI=1S/2CH4.2H3N/h2*1H4;2*1H3/i/hD2. The molecular formula is C2H14N2. The summed E-state index contributed by atoms with van der Waals surface area (Å²) in [5.74, 6) is 0. The highest BCUT2D eigenvalue weighted by molar-refractivity contribution is 2.50. The second-order valence-electron chi connectivity index (χ2n) is 0. The van der Waals surface area contributed by atoms with Gasteiger partial charge in [-0.25, -0.2) is 0 Å². The van der Waals surface area contributed by atoms with Gasteiger partial charge >= 0.3 is 0 Å². The smallest absolute Gasteiger partial charge is 0.115 e. The first-order valence-electron chi connectivity index (χ1n) is 1.15. The molecule has 0 aliphatic heterocycles. The molecule has 0 bridgehead atoms. The highest BCUT2D eigenvalue weighted by Crippen LogP contribution is 0.145. The molecule has 0 aliphatic rings. The molecule has 0 atom stereocenters. The highest BCUT2D eigenvalue weighted by atomic mass is 14.0. The van der Waals surface area contributed by atoms with Gasteiger partial charge in [0.25, 0.3) is 0 Å². The van der Waals surface area contributed by atoms with Gasteiger partial charge in [0.1, 0.15) is 2.82 Å². The van der Waals surface area contributed by atoms with Crippen molar-refractivity contribution in [3.8, 4) is 0 Å². The Labute approximate surface area is 31.3 Å². The molecule has 2 heteroatoms. The Balaban J connectivity index is -0.00000000500. The van der Waals surface area contributed by atoms with Gasteiger partial charge in [-0.1, -0.05) is 14.9 Å². The van der Waals surface area contributed by atoms with Gasteiger partial charge in [0.15, 0.2) is 0 Å². The van der Waals surface area contributed by atoms with Crippen molar-refractivity contribution in [3.05, 3.63) is 0 Å². The molecule has 0 spiro atoms. The van der Waals surface area contributed by atoms with Crippen LogP contribution in [0.5, 0.6) is 0 Å². The summed E-state index contributed by atoms with van der Waals surface area (Å²) in [5.41, 5.74) is 0. The van der Waals surface area contributed by atoms with E-state index in [-0.39, 0.29) is 14.9 Å². The molecule has 0 saturated carbocycles. The van der Waals surface area contributed by atoms with Crippen molar-refractivity contribution in [2.45, 2.75) is 14.9 Å². The van der Waals surface area contributed by atoms with E-state index in [9.17, 15) is 0 Å². The molecule has 0 saturated heterocycles. The molecule has 6 N–H and O–H groups in total. The molecule has 0 aliphatic carbocycles. The first-order valence-corrected chi connectivity index (χ1v) is 0. The van der Waals surface area contributed by atoms with E-state index in [1.165, 1.54) is 0 Å². The van der Waals surface area contributed by atoms with Gasteiger partial charge in [-0.05, 0) is 0 Å². The zero-order valence-electron chi connectivity index (χ0n) is 3.15. The van der Waals surface area contributed by atoms with Crippen LogP contribution in [0, 0.1) is 0 Å². The van der Waals surface area contributed by atoms with Crippen molar-refractivity contribution >= 4 is 0 Å². The monoisotopic (exact) mass is 68.1 g/mol. The number of hydrogen-bond acceptors (Lipinski definition) is 2. The summed E-state index contributed by atoms with van der Waals surface area (Å²) in [4.78, 5) is 0. The molecule has 4 heavy (non-hydrogen) atoms. The second-order valence-corrected chi connectivity index (χ2v) is 0. The number of hydrogen-bond donors (Lipinski definition) is 2. The van der Waals surface area contributed by atoms with E-state index in [0.717, 1.165) is 0 Å². The molecule has 0 aromatic rings. The Bertz CT molecular complexity index is 9.51. The van der Waals surface area contributed by atoms with Gasteiger partial charge in [-0.3, -0.25) is 0 Å². The molecule has 0 unspecified atom stereocenters. The molecule has 0 fully saturated rings. The Kier molecular flexibility index (Phi) is 3810. The van der Waals surface area contributed by atoms with Gasteiger partial charge in [0.05, 0.1) is 0 Å². The zero-order valence-corrected chi connectivity index (χ0v) is 1.15. The molecule has 32 valence electrons. The Morgan fingerprint density at radius 2 is 1.00 bits per heavy atom. The van der Waals surface area contributed by atoms with Gasteiger partial charge in [0, 0.05) is 0 Å². The van der Waals surface area contributed by atoms with Crippen LogP contribution in [0.25, 0.3) is 0 Å². The van der Waals surface area contributed by atoms with Gasteiger partial charge in [0.2, 0.25) is 0 Å². The summed E-state index contributed by atoms with van der Waals surface area (Å²) in [6.45, 7) is 0. The fraction of sp³-hybridized carbons (Fsp3) is 1.00. The average Bonchev–Trinajstić information content (AvgIpc) is 1.50. The third kappa shape index (κ3) is 254. The van der Waals surface area contributed by atoms with Crippen LogP contribution < -0.4 is 12.3 Å². The topological polar surface area (TPSA) is 70.0 Å². The van der Waals surface area contributed by atoms with Crippen LogP contribution in [0.1, 0.15) is 14.9 Å². The minimum absolute atomic E-state index is 0. The van der Waals surface area contributed by atoms with Crippen molar-refractivity contribution < 1.29 is 2.82 Å². The van der Waals surface area contributed by atoms with E-state index < -0.39 is 0 Å². The SMILES string of the molecule is C.C.[2H]N.[2H]N. The van der Waals surface area contributed by atoms with E-state index in [0.29, 0.717) is 0 Å². The highest BCUT2D eigenvalue weighted by Gasteiger charge is -0.0765. The third-order valence-electron chi connectivity index (χ3n) is 0. The maximum atomic E-state index is 5.25. The predicted octanol–water partition coefficient (Wildman–Crippen LogP) is 1.60. The summed E-state index contributed by atoms with van der Waals surface area (Å²) in [6, 6.07) is 0. The predicted molar refractivity (Wildman–Crippen MR) is 23.5 cm³/mol. The quantitative estimate of drug-likeness (QED) is 0.452. The lowest BCUT2D eigenvalue weighted by atomic mass is 12.0. The lowest BCUT2D eigenvalue weighted by Crippen LogP contribution is -0.482. The van der Waals surface area contributed by atoms with Crippen molar-refractivity contribution in [1.29, 1.82) is 0 Å². The fourth-order valence-corrected chi connectivity index (χ4v) is 0. The lowest BCUT2D eigenvalue weighted by Gasteiger charge is -0.345. The van der Waals surface area contributed by atoms with E-state index >= 15 is 0 Å². The van der Waals surface area contributed by atoms with Crippen LogP contribution in [-0.4, -0.2) is 0 Å². The van der Waals surface area contributed by atoms with Crippen LogP contribution in [0.2, 0.25) is 2.82 Å². The van der Waals surface area contributed by atoms with Gasteiger partial charge in [-0.2, -0.15) is 0 Å². The molecule has 0 rings (SSSR count). The summed E-state index contributed by atoms with van der Waals surface area (Å²) in [6.07, 6.45) is 7.50. The lowest BCUT2D eigenvalue weighted by molar-refractivity contribution is 2.13. The first-order chi connectivity index (χ1) is 2.00. The Hall–Kier alpha value is -0.0800. The zero-order chi connectivity index (χ0) is 4.00. The molecule has 0 aromatic heterocycles. The van der Waals surface area contributed by atoms with Crippen molar-refractivity contribution in [2.24, 2.45) is 0 Å². The molecule has 0 radical (unpaired) electrons. The normalized spacial score (nSPS) is 3.50. The van der Waals surface area contributed by atoms with Crippen LogP contribution in [0.4, 0.5) is 0 Å². The van der Waals surface area contributed by atoms with Crippen molar-refractivity contribution in [1.82, 2.24) is 12.3 Å². The minimum atomic E-state index is 0. The van der Waals surface area contributed by atoms with E-state index in [2.05, 4.69) is 12.3 Å². The Morgan fingerprint density at radius 1 is 1.00 bits per heavy atom.